The van der Waals surface area contributed by atoms with Crippen molar-refractivity contribution in [1.82, 2.24) is 5.32 Å². The molecule has 7 nitrogen and oxygen atoms in total. The van der Waals surface area contributed by atoms with Gasteiger partial charge in [-0.1, -0.05) is 32.9 Å². The van der Waals surface area contributed by atoms with E-state index in [1.807, 2.05) is 12.1 Å². The van der Waals surface area contributed by atoms with E-state index in [1.165, 1.54) is 5.56 Å². The lowest BCUT2D eigenvalue weighted by Crippen LogP contribution is -2.35. The van der Waals surface area contributed by atoms with Crippen molar-refractivity contribution in [1.29, 1.82) is 0 Å². The fourth-order valence-corrected chi connectivity index (χ4v) is 3.01. The molecule has 0 spiro atoms. The van der Waals surface area contributed by atoms with Crippen LogP contribution in [0.3, 0.4) is 0 Å². The van der Waals surface area contributed by atoms with Crippen molar-refractivity contribution in [3.05, 3.63) is 48.0 Å². The lowest BCUT2D eigenvalue weighted by Gasteiger charge is -2.19. The molecule has 1 heterocycles. The summed E-state index contributed by atoms with van der Waals surface area (Å²) in [4.78, 5) is 12.0. The SMILES string of the molecule is CC(C)(C)c1ccc(OCCCC(=O)NCC(O)COc2ccc3c(c2)OCO3)cc1. The van der Waals surface area contributed by atoms with Gasteiger partial charge in [-0.3, -0.25) is 4.79 Å². The maximum atomic E-state index is 12.0. The maximum absolute atomic E-state index is 12.0. The topological polar surface area (TPSA) is 86.3 Å². The minimum atomic E-state index is -0.813. The molecule has 0 aliphatic carbocycles. The van der Waals surface area contributed by atoms with Gasteiger partial charge in [0.25, 0.3) is 0 Å². The van der Waals surface area contributed by atoms with Gasteiger partial charge in [-0.2, -0.15) is 0 Å². The predicted octanol–water partition coefficient (Wildman–Crippen LogP) is 3.43. The highest BCUT2D eigenvalue weighted by atomic mass is 16.7. The molecule has 0 bridgehead atoms. The summed E-state index contributed by atoms with van der Waals surface area (Å²) in [5.74, 6) is 2.53. The predicted molar refractivity (Wildman–Crippen MR) is 117 cm³/mol. The number of ether oxygens (including phenoxy) is 4. The van der Waals surface area contributed by atoms with Gasteiger partial charge in [0.2, 0.25) is 12.7 Å². The second-order valence-electron chi connectivity index (χ2n) is 8.51. The van der Waals surface area contributed by atoms with Crippen molar-refractivity contribution in [2.75, 3.05) is 26.6 Å². The molecule has 1 atom stereocenters. The number of benzene rings is 2. The molecule has 0 fully saturated rings. The third-order valence-corrected chi connectivity index (χ3v) is 4.86. The molecule has 3 rings (SSSR count). The Kier molecular flexibility index (Phi) is 7.63. The van der Waals surface area contributed by atoms with Crippen LogP contribution < -0.4 is 24.3 Å². The van der Waals surface area contributed by atoms with Crippen molar-refractivity contribution in [3.63, 3.8) is 0 Å². The van der Waals surface area contributed by atoms with Crippen LogP contribution in [-0.2, 0) is 10.2 Å². The minimum Gasteiger partial charge on any atom is -0.494 e. The van der Waals surface area contributed by atoms with Crippen LogP contribution in [0.4, 0.5) is 0 Å². The van der Waals surface area contributed by atoms with Crippen molar-refractivity contribution in [2.45, 2.75) is 45.1 Å². The van der Waals surface area contributed by atoms with Crippen LogP contribution in [0.5, 0.6) is 23.0 Å². The zero-order chi connectivity index (χ0) is 22.3. The Morgan fingerprint density at radius 2 is 1.77 bits per heavy atom. The van der Waals surface area contributed by atoms with Gasteiger partial charge in [-0.15, -0.1) is 0 Å². The standard InChI is InChI=1S/C24H31NO6/c1-24(2,3)17-6-8-19(9-7-17)28-12-4-5-23(27)25-14-18(26)15-29-20-10-11-21-22(13-20)31-16-30-21/h6-11,13,18,26H,4-5,12,14-16H2,1-3H3,(H,25,27). The van der Waals surface area contributed by atoms with Crippen LogP contribution >= 0.6 is 0 Å². The smallest absolute Gasteiger partial charge is 0.231 e. The molecular formula is C24H31NO6. The van der Waals surface area contributed by atoms with Gasteiger partial charge in [0.1, 0.15) is 24.2 Å². The van der Waals surface area contributed by atoms with Gasteiger partial charge in [0.05, 0.1) is 6.61 Å². The molecule has 2 N–H and O–H groups in total. The van der Waals surface area contributed by atoms with Crippen molar-refractivity contribution in [3.8, 4) is 23.0 Å². The fraction of sp³-hybridized carbons (Fsp3) is 0.458. The Hall–Kier alpha value is -2.93. The van der Waals surface area contributed by atoms with E-state index in [0.29, 0.717) is 36.7 Å². The molecule has 31 heavy (non-hydrogen) atoms. The van der Waals surface area contributed by atoms with E-state index in [4.69, 9.17) is 18.9 Å². The Balaban J connectivity index is 1.27. The van der Waals surface area contributed by atoms with E-state index in [0.717, 1.165) is 5.75 Å². The molecular weight excluding hydrogens is 398 g/mol. The summed E-state index contributed by atoms with van der Waals surface area (Å²) in [6, 6.07) is 13.3. The zero-order valence-electron chi connectivity index (χ0n) is 18.3. The Labute approximate surface area is 183 Å². The quantitative estimate of drug-likeness (QED) is 0.563. The van der Waals surface area contributed by atoms with E-state index in [1.54, 1.807) is 18.2 Å². The third kappa shape index (κ3) is 7.07. The molecule has 0 aromatic heterocycles. The molecule has 1 amide bonds. The monoisotopic (exact) mass is 429 g/mol. The number of carbonyl (C=O) groups is 1. The molecule has 7 heteroatoms. The summed E-state index contributed by atoms with van der Waals surface area (Å²) in [7, 11) is 0. The van der Waals surface area contributed by atoms with Gasteiger partial charge in [0.15, 0.2) is 11.5 Å². The molecule has 1 aliphatic rings. The van der Waals surface area contributed by atoms with E-state index in [-0.39, 0.29) is 31.3 Å². The molecule has 2 aromatic carbocycles. The third-order valence-electron chi connectivity index (χ3n) is 4.86. The molecule has 1 aliphatic heterocycles. The summed E-state index contributed by atoms with van der Waals surface area (Å²) in [5.41, 5.74) is 1.36. The molecule has 0 saturated carbocycles. The van der Waals surface area contributed by atoms with E-state index in [2.05, 4.69) is 38.2 Å². The lowest BCUT2D eigenvalue weighted by molar-refractivity contribution is -0.121. The van der Waals surface area contributed by atoms with Crippen LogP contribution in [0.2, 0.25) is 0 Å². The highest BCUT2D eigenvalue weighted by molar-refractivity contribution is 5.75. The van der Waals surface area contributed by atoms with Gasteiger partial charge in [-0.25, -0.2) is 0 Å². The van der Waals surface area contributed by atoms with Crippen LogP contribution in [0.15, 0.2) is 42.5 Å². The second-order valence-corrected chi connectivity index (χ2v) is 8.51. The summed E-state index contributed by atoms with van der Waals surface area (Å²) in [6.45, 7) is 7.35. The highest BCUT2D eigenvalue weighted by Crippen LogP contribution is 2.35. The molecule has 1 unspecified atom stereocenters. The molecule has 168 valence electrons. The van der Waals surface area contributed by atoms with E-state index >= 15 is 0 Å². The number of rotatable bonds is 10. The zero-order valence-corrected chi connectivity index (χ0v) is 18.3. The van der Waals surface area contributed by atoms with Crippen LogP contribution in [-0.4, -0.2) is 43.7 Å². The first-order valence-electron chi connectivity index (χ1n) is 10.5. The van der Waals surface area contributed by atoms with Crippen LogP contribution in [0.25, 0.3) is 0 Å². The van der Waals surface area contributed by atoms with E-state index in [9.17, 15) is 9.90 Å². The number of aliphatic hydroxyl groups excluding tert-OH is 1. The van der Waals surface area contributed by atoms with Gasteiger partial charge < -0.3 is 29.4 Å². The first-order valence-corrected chi connectivity index (χ1v) is 10.5. The number of amides is 1. The average Bonchev–Trinajstić information content (AvgIpc) is 3.21. The summed E-state index contributed by atoms with van der Waals surface area (Å²) >= 11 is 0. The Bertz CT molecular complexity index is 859. The van der Waals surface area contributed by atoms with Gasteiger partial charge in [0, 0.05) is 19.0 Å². The minimum absolute atomic E-state index is 0.0631. The van der Waals surface area contributed by atoms with Crippen LogP contribution in [0, 0.1) is 0 Å². The number of hydrogen-bond donors (Lipinski definition) is 2. The summed E-state index contributed by atoms with van der Waals surface area (Å²) in [6.07, 6.45) is 0.110. The van der Waals surface area contributed by atoms with Crippen molar-refractivity contribution >= 4 is 5.91 Å². The first kappa shape index (κ1) is 22.7. The van der Waals surface area contributed by atoms with Gasteiger partial charge in [-0.05, 0) is 41.7 Å². The number of carbonyl (C=O) groups excluding carboxylic acids is 1. The summed E-state index contributed by atoms with van der Waals surface area (Å²) < 4.78 is 21.8. The van der Waals surface area contributed by atoms with Gasteiger partial charge >= 0.3 is 0 Å². The number of fused-ring (bicyclic) bond motifs is 1. The Morgan fingerprint density at radius 3 is 2.52 bits per heavy atom. The Morgan fingerprint density at radius 1 is 1.06 bits per heavy atom. The maximum Gasteiger partial charge on any atom is 0.231 e. The summed E-state index contributed by atoms with van der Waals surface area (Å²) in [5, 5.41) is 12.7. The highest BCUT2D eigenvalue weighted by Gasteiger charge is 2.15. The average molecular weight is 430 g/mol. The number of nitrogens with one attached hydrogen (secondary N) is 1. The van der Waals surface area contributed by atoms with Crippen LogP contribution in [0.1, 0.15) is 39.2 Å². The second kappa shape index (κ2) is 10.4. The van der Waals surface area contributed by atoms with Crippen molar-refractivity contribution < 1.29 is 28.8 Å². The normalized spacial score (nSPS) is 13.5. The molecule has 2 aromatic rings. The molecule has 0 saturated heterocycles. The largest absolute Gasteiger partial charge is 0.494 e. The fourth-order valence-electron chi connectivity index (χ4n) is 3.01. The van der Waals surface area contributed by atoms with E-state index < -0.39 is 6.10 Å². The number of aliphatic hydroxyl groups is 1. The lowest BCUT2D eigenvalue weighted by atomic mass is 9.87. The number of hydrogen-bond acceptors (Lipinski definition) is 6. The first-order chi connectivity index (χ1) is 14.8. The molecule has 0 radical (unpaired) electrons. The van der Waals surface area contributed by atoms with Crippen molar-refractivity contribution in [2.24, 2.45) is 0 Å².